The molecule has 0 unspecified atom stereocenters. The maximum absolute atomic E-state index is 10.2. The molecule has 0 N–H and O–H groups in total. The first-order valence-electron chi connectivity index (χ1n) is 2.30. The van der Waals surface area contributed by atoms with Crippen LogP contribution in [0.15, 0.2) is 11.4 Å². The first kappa shape index (κ1) is 8.29. The summed E-state index contributed by atoms with van der Waals surface area (Å²) >= 11 is 8.55. The normalized spacial score (nSPS) is 9.40. The van der Waals surface area contributed by atoms with Crippen molar-refractivity contribution in [2.75, 3.05) is 0 Å². The van der Waals surface area contributed by atoms with E-state index >= 15 is 0 Å². The molecule has 0 aromatic carbocycles. The van der Waals surface area contributed by atoms with Gasteiger partial charge in [-0.15, -0.1) is 11.3 Å². The molecule has 0 atom stereocenters. The lowest BCUT2D eigenvalue weighted by Crippen LogP contribution is -1.95. The highest BCUT2D eigenvalue weighted by molar-refractivity contribution is 14.1. The lowest BCUT2D eigenvalue weighted by atomic mass is 10.6. The fourth-order valence-corrected chi connectivity index (χ4v) is 1.79. The van der Waals surface area contributed by atoms with Crippen LogP contribution in [-0.2, 0) is 0 Å². The van der Waals surface area contributed by atoms with Crippen LogP contribution in [0.5, 0.6) is 5.75 Å². The van der Waals surface area contributed by atoms with Crippen molar-refractivity contribution >= 4 is 51.0 Å². The van der Waals surface area contributed by atoms with E-state index in [9.17, 15) is 4.79 Å². The van der Waals surface area contributed by atoms with Gasteiger partial charge in [0.1, 0.15) is 2.88 Å². The summed E-state index contributed by atoms with van der Waals surface area (Å²) in [6, 6.07) is 1.70. The molecule has 0 bridgehead atoms. The minimum absolute atomic E-state index is 0.533. The van der Waals surface area contributed by atoms with E-state index in [1.807, 2.05) is 5.38 Å². The molecule has 0 saturated heterocycles. The van der Waals surface area contributed by atoms with E-state index in [1.54, 1.807) is 6.07 Å². The number of thiophene rings is 1. The maximum Gasteiger partial charge on any atom is 0.409 e. The number of halogens is 2. The van der Waals surface area contributed by atoms with Gasteiger partial charge in [-0.25, -0.2) is 4.79 Å². The average molecular weight is 288 g/mol. The number of carbonyl (C=O) groups excluding carboxylic acids is 1. The van der Waals surface area contributed by atoms with E-state index in [2.05, 4.69) is 27.3 Å². The summed E-state index contributed by atoms with van der Waals surface area (Å²) in [5, 5.41) is 1.83. The first-order chi connectivity index (χ1) is 4.70. The lowest BCUT2D eigenvalue weighted by molar-refractivity contribution is 0.225. The molecule has 1 aromatic heterocycles. The number of ether oxygens (including phenoxy) is 1. The molecule has 54 valence electrons. The predicted octanol–water partition coefficient (Wildman–Crippen LogP) is 3.09. The van der Waals surface area contributed by atoms with Crippen LogP contribution in [-0.4, -0.2) is 5.43 Å². The molecule has 0 aliphatic carbocycles. The third-order valence-electron chi connectivity index (χ3n) is 0.775. The number of hydrogen-bond donors (Lipinski definition) is 0. The van der Waals surface area contributed by atoms with Gasteiger partial charge in [-0.05, 0) is 34.0 Å². The zero-order chi connectivity index (χ0) is 7.56. The van der Waals surface area contributed by atoms with Gasteiger partial charge in [0.15, 0.2) is 5.75 Å². The van der Waals surface area contributed by atoms with Gasteiger partial charge in [-0.2, -0.15) is 0 Å². The fourth-order valence-electron chi connectivity index (χ4n) is 0.440. The molecule has 0 aliphatic rings. The van der Waals surface area contributed by atoms with Gasteiger partial charge in [0.2, 0.25) is 0 Å². The smallest absolute Gasteiger partial charge is 0.409 e. The largest absolute Gasteiger partial charge is 0.412 e. The molecule has 1 aromatic rings. The van der Waals surface area contributed by atoms with Crippen molar-refractivity contribution in [2.45, 2.75) is 0 Å². The van der Waals surface area contributed by atoms with Crippen LogP contribution in [0.25, 0.3) is 0 Å². The molecule has 5 heteroatoms. The standard InChI is InChI=1S/C5H2ClIO2S/c6-5(8)9-3-1-2-10-4(3)7/h1-2H. The van der Waals surface area contributed by atoms with Gasteiger partial charge in [0.25, 0.3) is 0 Å². The second-order valence-electron chi connectivity index (χ2n) is 1.40. The lowest BCUT2D eigenvalue weighted by Gasteiger charge is -1.93. The van der Waals surface area contributed by atoms with Crippen LogP contribution in [0.2, 0.25) is 0 Å². The van der Waals surface area contributed by atoms with Gasteiger partial charge < -0.3 is 4.74 Å². The number of hydrogen-bond acceptors (Lipinski definition) is 3. The van der Waals surface area contributed by atoms with E-state index in [0.29, 0.717) is 5.75 Å². The molecule has 0 radical (unpaired) electrons. The predicted molar refractivity (Wildman–Crippen MR) is 48.9 cm³/mol. The molecule has 10 heavy (non-hydrogen) atoms. The molecular formula is C5H2ClIO2S. The van der Waals surface area contributed by atoms with Crippen molar-refractivity contribution in [3.05, 3.63) is 14.3 Å². The van der Waals surface area contributed by atoms with Crippen molar-refractivity contribution in [3.8, 4) is 5.75 Å². The highest BCUT2D eigenvalue weighted by atomic mass is 127. The Balaban J connectivity index is 2.74. The molecule has 0 spiro atoms. The molecule has 1 rings (SSSR count). The van der Waals surface area contributed by atoms with Gasteiger partial charge in [-0.1, -0.05) is 0 Å². The third-order valence-corrected chi connectivity index (χ3v) is 2.83. The van der Waals surface area contributed by atoms with Crippen LogP contribution in [0.3, 0.4) is 0 Å². The highest BCUT2D eigenvalue weighted by Crippen LogP contribution is 2.26. The second kappa shape index (κ2) is 3.54. The maximum atomic E-state index is 10.2. The number of rotatable bonds is 1. The Morgan fingerprint density at radius 2 is 2.50 bits per heavy atom. The van der Waals surface area contributed by atoms with Crippen molar-refractivity contribution in [1.29, 1.82) is 0 Å². The van der Waals surface area contributed by atoms with Crippen molar-refractivity contribution in [2.24, 2.45) is 0 Å². The molecule has 1 heterocycles. The Morgan fingerprint density at radius 3 is 2.90 bits per heavy atom. The van der Waals surface area contributed by atoms with E-state index in [1.165, 1.54) is 11.3 Å². The zero-order valence-electron chi connectivity index (χ0n) is 4.64. The van der Waals surface area contributed by atoms with Gasteiger partial charge >= 0.3 is 5.43 Å². The van der Waals surface area contributed by atoms with E-state index < -0.39 is 5.43 Å². The summed E-state index contributed by atoms with van der Waals surface area (Å²) in [6.45, 7) is 0. The van der Waals surface area contributed by atoms with Gasteiger partial charge in [0.05, 0.1) is 0 Å². The molecule has 0 saturated carbocycles. The van der Waals surface area contributed by atoms with E-state index in [0.717, 1.165) is 2.88 Å². The molecule has 0 amide bonds. The fraction of sp³-hybridized carbons (Fsp3) is 0. The summed E-state index contributed by atoms with van der Waals surface area (Å²) in [4.78, 5) is 10.2. The van der Waals surface area contributed by atoms with Crippen LogP contribution < -0.4 is 4.74 Å². The summed E-state index contributed by atoms with van der Waals surface area (Å²) in [5.41, 5.74) is -0.795. The number of carbonyl (C=O) groups is 1. The molecule has 2 nitrogen and oxygen atoms in total. The first-order valence-corrected chi connectivity index (χ1v) is 4.64. The SMILES string of the molecule is O=C(Cl)Oc1ccsc1I. The Bertz CT molecular complexity index is 248. The topological polar surface area (TPSA) is 26.3 Å². The van der Waals surface area contributed by atoms with Gasteiger partial charge in [0, 0.05) is 11.6 Å². The van der Waals surface area contributed by atoms with Crippen LogP contribution in [0.4, 0.5) is 4.79 Å². The van der Waals surface area contributed by atoms with E-state index in [4.69, 9.17) is 11.6 Å². The third kappa shape index (κ3) is 2.10. The van der Waals surface area contributed by atoms with Crippen molar-refractivity contribution < 1.29 is 9.53 Å². The minimum atomic E-state index is -0.795. The Morgan fingerprint density at radius 1 is 1.80 bits per heavy atom. The molecule has 0 fully saturated rings. The monoisotopic (exact) mass is 288 g/mol. The zero-order valence-corrected chi connectivity index (χ0v) is 8.37. The Hall–Kier alpha value is 0.190. The van der Waals surface area contributed by atoms with Crippen LogP contribution >= 0.6 is 45.5 Å². The Labute approximate surface area is 80.3 Å². The average Bonchev–Trinajstić information content (AvgIpc) is 2.15. The Kier molecular flexibility index (Phi) is 2.94. The van der Waals surface area contributed by atoms with Crippen molar-refractivity contribution in [3.63, 3.8) is 0 Å². The molecular weight excluding hydrogens is 286 g/mol. The van der Waals surface area contributed by atoms with Crippen molar-refractivity contribution in [1.82, 2.24) is 0 Å². The van der Waals surface area contributed by atoms with Gasteiger partial charge in [-0.3, -0.25) is 0 Å². The van der Waals surface area contributed by atoms with Crippen LogP contribution in [0.1, 0.15) is 0 Å². The van der Waals surface area contributed by atoms with Crippen LogP contribution in [0, 0.1) is 2.88 Å². The summed E-state index contributed by atoms with van der Waals surface area (Å²) < 4.78 is 5.54. The minimum Gasteiger partial charge on any atom is -0.412 e. The summed E-state index contributed by atoms with van der Waals surface area (Å²) in [5.74, 6) is 0.533. The summed E-state index contributed by atoms with van der Waals surface area (Å²) in [6.07, 6.45) is 0. The molecule has 0 aliphatic heterocycles. The van der Waals surface area contributed by atoms with E-state index in [-0.39, 0.29) is 0 Å². The second-order valence-corrected chi connectivity index (χ2v) is 4.43. The summed E-state index contributed by atoms with van der Waals surface area (Å²) in [7, 11) is 0. The quantitative estimate of drug-likeness (QED) is 0.586. The highest BCUT2D eigenvalue weighted by Gasteiger charge is 2.04.